The Hall–Kier alpha value is -3.74. The largest absolute Gasteiger partial charge is 0.485 e. The molecular formula is C20H17N3O4. The lowest BCUT2D eigenvalue weighted by molar-refractivity contribution is -0.384. The van der Waals surface area contributed by atoms with Crippen LogP contribution in [0.2, 0.25) is 0 Å². The van der Waals surface area contributed by atoms with Crippen molar-refractivity contribution in [3.05, 3.63) is 93.7 Å². The van der Waals surface area contributed by atoms with Crippen molar-refractivity contribution in [3.8, 4) is 5.75 Å². The molecule has 3 aromatic rings. The van der Waals surface area contributed by atoms with Gasteiger partial charge in [0.25, 0.3) is 11.6 Å². The minimum atomic E-state index is -0.547. The normalized spacial score (nSPS) is 10.3. The van der Waals surface area contributed by atoms with Gasteiger partial charge in [-0.05, 0) is 36.2 Å². The van der Waals surface area contributed by atoms with Crippen LogP contribution in [0.4, 0.5) is 11.5 Å². The van der Waals surface area contributed by atoms with Crippen molar-refractivity contribution in [2.45, 2.75) is 13.5 Å². The molecule has 2 aromatic carbocycles. The van der Waals surface area contributed by atoms with Gasteiger partial charge in [-0.15, -0.1) is 0 Å². The standard InChI is InChI=1S/C20H17N3O4/c1-14-6-2-3-7-16(14)13-27-18-10-5-11-21-19(18)22-20(24)15-8-4-9-17(12-15)23(25)26/h2-12H,13H2,1H3,(H,21,22,24). The van der Waals surface area contributed by atoms with Gasteiger partial charge in [0.2, 0.25) is 0 Å². The fraction of sp³-hybridized carbons (Fsp3) is 0.100. The summed E-state index contributed by atoms with van der Waals surface area (Å²) in [6.07, 6.45) is 1.53. The summed E-state index contributed by atoms with van der Waals surface area (Å²) in [4.78, 5) is 26.9. The zero-order chi connectivity index (χ0) is 19.2. The predicted molar refractivity (Wildman–Crippen MR) is 101 cm³/mol. The molecule has 27 heavy (non-hydrogen) atoms. The van der Waals surface area contributed by atoms with E-state index >= 15 is 0 Å². The smallest absolute Gasteiger partial charge is 0.270 e. The van der Waals surface area contributed by atoms with Crippen LogP contribution in [-0.4, -0.2) is 15.8 Å². The first kappa shape index (κ1) is 18.1. The molecule has 0 unspecified atom stereocenters. The average Bonchev–Trinajstić information content (AvgIpc) is 2.68. The van der Waals surface area contributed by atoms with Gasteiger partial charge in [-0.2, -0.15) is 0 Å². The Morgan fingerprint density at radius 1 is 1.15 bits per heavy atom. The molecule has 0 spiro atoms. The Labute approximate surface area is 155 Å². The molecule has 0 aliphatic rings. The fourth-order valence-corrected chi connectivity index (χ4v) is 2.47. The van der Waals surface area contributed by atoms with E-state index in [0.29, 0.717) is 12.4 Å². The van der Waals surface area contributed by atoms with Gasteiger partial charge in [-0.3, -0.25) is 14.9 Å². The van der Waals surface area contributed by atoms with Crippen LogP contribution in [0.15, 0.2) is 66.9 Å². The van der Waals surface area contributed by atoms with Gasteiger partial charge < -0.3 is 10.1 Å². The molecule has 0 atom stereocenters. The van der Waals surface area contributed by atoms with Gasteiger partial charge >= 0.3 is 0 Å². The van der Waals surface area contributed by atoms with Crippen LogP contribution in [0.3, 0.4) is 0 Å². The van der Waals surface area contributed by atoms with E-state index < -0.39 is 10.8 Å². The third kappa shape index (κ3) is 4.46. The first-order chi connectivity index (χ1) is 13.0. The second kappa shape index (κ2) is 8.09. The van der Waals surface area contributed by atoms with E-state index in [0.717, 1.165) is 11.1 Å². The number of aromatic nitrogens is 1. The number of carbonyl (C=O) groups is 1. The maximum absolute atomic E-state index is 12.4. The lowest BCUT2D eigenvalue weighted by atomic mass is 10.1. The predicted octanol–water partition coefficient (Wildman–Crippen LogP) is 4.13. The molecule has 0 saturated carbocycles. The van der Waals surface area contributed by atoms with Crippen molar-refractivity contribution in [3.63, 3.8) is 0 Å². The quantitative estimate of drug-likeness (QED) is 0.525. The van der Waals surface area contributed by atoms with Gasteiger partial charge in [0, 0.05) is 23.9 Å². The number of hydrogen-bond donors (Lipinski definition) is 1. The zero-order valence-corrected chi connectivity index (χ0v) is 14.6. The minimum absolute atomic E-state index is 0.153. The summed E-state index contributed by atoms with van der Waals surface area (Å²) in [7, 11) is 0. The topological polar surface area (TPSA) is 94.4 Å². The molecule has 7 heteroatoms. The van der Waals surface area contributed by atoms with Gasteiger partial charge in [0.05, 0.1) is 4.92 Å². The number of rotatable bonds is 6. The van der Waals surface area contributed by atoms with Crippen LogP contribution in [0.25, 0.3) is 0 Å². The van der Waals surface area contributed by atoms with Crippen molar-refractivity contribution in [2.75, 3.05) is 5.32 Å². The molecular weight excluding hydrogens is 346 g/mol. The summed E-state index contributed by atoms with van der Waals surface area (Å²) in [5, 5.41) is 13.5. The van der Waals surface area contributed by atoms with Crippen molar-refractivity contribution in [1.29, 1.82) is 0 Å². The number of hydrogen-bond acceptors (Lipinski definition) is 5. The molecule has 1 aromatic heterocycles. The van der Waals surface area contributed by atoms with Crippen LogP contribution < -0.4 is 10.1 Å². The van der Waals surface area contributed by atoms with Crippen molar-refractivity contribution in [2.24, 2.45) is 0 Å². The van der Waals surface area contributed by atoms with Gasteiger partial charge in [0.1, 0.15) is 6.61 Å². The van der Waals surface area contributed by atoms with Crippen LogP contribution in [-0.2, 0) is 6.61 Å². The number of non-ortho nitro benzene ring substituents is 1. The van der Waals surface area contributed by atoms with E-state index in [1.165, 1.54) is 30.5 Å². The van der Waals surface area contributed by atoms with E-state index in [9.17, 15) is 14.9 Å². The van der Waals surface area contributed by atoms with Gasteiger partial charge in [-0.25, -0.2) is 4.98 Å². The highest BCUT2D eigenvalue weighted by atomic mass is 16.6. The number of nitrogens with one attached hydrogen (secondary N) is 1. The monoisotopic (exact) mass is 363 g/mol. The number of ether oxygens (including phenoxy) is 1. The molecule has 1 N–H and O–H groups in total. The van der Waals surface area contributed by atoms with Gasteiger partial charge in [-0.1, -0.05) is 30.3 Å². The third-order valence-electron chi connectivity index (χ3n) is 3.97. The summed E-state index contributed by atoms with van der Waals surface area (Å²) in [6.45, 7) is 2.32. The Morgan fingerprint density at radius 3 is 2.74 bits per heavy atom. The lowest BCUT2D eigenvalue weighted by Crippen LogP contribution is -2.14. The number of carbonyl (C=O) groups excluding carboxylic acids is 1. The summed E-state index contributed by atoms with van der Waals surface area (Å²) < 4.78 is 5.82. The molecule has 0 fully saturated rings. The molecule has 0 aliphatic heterocycles. The number of anilines is 1. The molecule has 136 valence electrons. The van der Waals surface area contributed by atoms with Crippen LogP contribution in [0, 0.1) is 17.0 Å². The fourth-order valence-electron chi connectivity index (χ4n) is 2.47. The van der Waals surface area contributed by atoms with Crippen LogP contribution >= 0.6 is 0 Å². The summed E-state index contributed by atoms with van der Waals surface area (Å²) in [5.41, 5.74) is 2.14. The summed E-state index contributed by atoms with van der Waals surface area (Å²) in [6, 6.07) is 16.7. The molecule has 1 amide bonds. The molecule has 0 radical (unpaired) electrons. The number of nitro groups is 1. The number of nitro benzene ring substituents is 1. The Morgan fingerprint density at radius 2 is 1.96 bits per heavy atom. The molecule has 0 saturated heterocycles. The number of benzene rings is 2. The minimum Gasteiger partial charge on any atom is -0.485 e. The van der Waals surface area contributed by atoms with Crippen LogP contribution in [0.1, 0.15) is 21.5 Å². The highest BCUT2D eigenvalue weighted by Crippen LogP contribution is 2.24. The summed E-state index contributed by atoms with van der Waals surface area (Å²) >= 11 is 0. The van der Waals surface area contributed by atoms with E-state index in [1.807, 2.05) is 31.2 Å². The maximum Gasteiger partial charge on any atom is 0.270 e. The van der Waals surface area contributed by atoms with Crippen molar-refractivity contribution in [1.82, 2.24) is 4.98 Å². The zero-order valence-electron chi connectivity index (χ0n) is 14.6. The van der Waals surface area contributed by atoms with Gasteiger partial charge in [0.15, 0.2) is 11.6 Å². The molecule has 0 bridgehead atoms. The number of amides is 1. The third-order valence-corrected chi connectivity index (χ3v) is 3.97. The highest BCUT2D eigenvalue weighted by molar-refractivity contribution is 6.04. The van der Waals surface area contributed by atoms with E-state index in [-0.39, 0.29) is 17.1 Å². The molecule has 7 nitrogen and oxygen atoms in total. The molecule has 1 heterocycles. The number of aryl methyl sites for hydroxylation is 1. The second-order valence-corrected chi connectivity index (χ2v) is 5.83. The van der Waals surface area contributed by atoms with E-state index in [2.05, 4.69) is 10.3 Å². The van der Waals surface area contributed by atoms with Crippen molar-refractivity contribution < 1.29 is 14.5 Å². The second-order valence-electron chi connectivity index (χ2n) is 5.83. The maximum atomic E-state index is 12.4. The van der Waals surface area contributed by atoms with Crippen LogP contribution in [0.5, 0.6) is 5.75 Å². The number of nitrogens with zero attached hydrogens (tertiary/aromatic N) is 2. The number of pyridine rings is 1. The lowest BCUT2D eigenvalue weighted by Gasteiger charge is -2.12. The van der Waals surface area contributed by atoms with Crippen molar-refractivity contribution >= 4 is 17.4 Å². The highest BCUT2D eigenvalue weighted by Gasteiger charge is 2.14. The first-order valence-corrected chi connectivity index (χ1v) is 8.23. The average molecular weight is 363 g/mol. The first-order valence-electron chi connectivity index (χ1n) is 8.23. The SMILES string of the molecule is Cc1ccccc1COc1cccnc1NC(=O)c1cccc([N+](=O)[O-])c1. The Bertz CT molecular complexity index is 988. The molecule has 3 rings (SSSR count). The Balaban J connectivity index is 1.76. The van der Waals surface area contributed by atoms with E-state index in [4.69, 9.17) is 4.74 Å². The van der Waals surface area contributed by atoms with E-state index in [1.54, 1.807) is 12.1 Å². The Kier molecular flexibility index (Phi) is 5.41. The molecule has 0 aliphatic carbocycles. The summed E-state index contributed by atoms with van der Waals surface area (Å²) in [5.74, 6) is 0.167.